The molecule has 0 fully saturated rings. The van der Waals surface area contributed by atoms with Gasteiger partial charge in [0.05, 0.1) is 4.47 Å². The SMILES string of the molecule is CC(C)NC(=O)[C@H](Cc1ccccc1)N(Cc1ccccc1F)C(=O)COc1ccc(Cl)cc1Br. The molecule has 5 nitrogen and oxygen atoms in total. The third kappa shape index (κ3) is 7.80. The van der Waals surface area contributed by atoms with E-state index in [2.05, 4.69) is 21.2 Å². The number of hydrogen-bond donors (Lipinski definition) is 1. The smallest absolute Gasteiger partial charge is 0.261 e. The molecule has 3 aromatic rings. The van der Waals surface area contributed by atoms with Crippen molar-refractivity contribution in [1.29, 1.82) is 0 Å². The summed E-state index contributed by atoms with van der Waals surface area (Å²) >= 11 is 9.36. The third-order valence-corrected chi connectivity index (χ3v) is 6.10. The van der Waals surface area contributed by atoms with Gasteiger partial charge in [-0.05, 0) is 59.6 Å². The normalized spacial score (nSPS) is 11.7. The molecular weight excluding hydrogens is 535 g/mol. The quantitative estimate of drug-likeness (QED) is 0.341. The van der Waals surface area contributed by atoms with E-state index in [1.54, 1.807) is 36.4 Å². The summed E-state index contributed by atoms with van der Waals surface area (Å²) < 4.78 is 20.9. The fourth-order valence-electron chi connectivity index (χ4n) is 3.56. The first-order valence-electron chi connectivity index (χ1n) is 11.2. The molecule has 0 unspecified atom stereocenters. The van der Waals surface area contributed by atoms with Crippen LogP contribution in [0.3, 0.4) is 0 Å². The van der Waals surface area contributed by atoms with Crippen LogP contribution in [0.2, 0.25) is 5.02 Å². The molecule has 8 heteroatoms. The highest BCUT2D eigenvalue weighted by Gasteiger charge is 2.31. The van der Waals surface area contributed by atoms with Crippen LogP contribution in [0.15, 0.2) is 77.3 Å². The lowest BCUT2D eigenvalue weighted by molar-refractivity contribution is -0.143. The van der Waals surface area contributed by atoms with Crippen LogP contribution in [0.4, 0.5) is 4.39 Å². The van der Waals surface area contributed by atoms with Gasteiger partial charge in [-0.15, -0.1) is 0 Å². The molecule has 0 heterocycles. The minimum Gasteiger partial charge on any atom is -0.483 e. The monoisotopic (exact) mass is 560 g/mol. The summed E-state index contributed by atoms with van der Waals surface area (Å²) in [5, 5.41) is 3.42. The molecule has 2 amide bonds. The summed E-state index contributed by atoms with van der Waals surface area (Å²) in [5.74, 6) is -0.787. The standard InChI is InChI=1S/C27H27BrClFN2O3/c1-18(2)31-27(34)24(14-19-8-4-3-5-9-19)32(16-20-10-6-7-11-23(20)30)26(33)17-35-25-13-12-21(29)15-22(25)28/h3-13,15,18,24H,14,16-17H2,1-2H3,(H,31,34)/t24-/m0/s1. The van der Waals surface area contributed by atoms with E-state index >= 15 is 0 Å². The van der Waals surface area contributed by atoms with Crippen molar-refractivity contribution in [3.63, 3.8) is 0 Å². The Morgan fingerprint density at radius 1 is 1.06 bits per heavy atom. The van der Waals surface area contributed by atoms with E-state index in [4.69, 9.17) is 16.3 Å². The van der Waals surface area contributed by atoms with Gasteiger partial charge in [-0.1, -0.05) is 60.1 Å². The van der Waals surface area contributed by atoms with E-state index in [1.165, 1.54) is 11.0 Å². The molecule has 0 bridgehead atoms. The number of halogens is 3. The molecule has 0 aliphatic carbocycles. The first-order chi connectivity index (χ1) is 16.7. The van der Waals surface area contributed by atoms with Gasteiger partial charge in [-0.25, -0.2) is 4.39 Å². The molecule has 3 aromatic carbocycles. The first kappa shape index (κ1) is 26.7. The highest BCUT2D eigenvalue weighted by Crippen LogP contribution is 2.28. The average molecular weight is 562 g/mol. The average Bonchev–Trinajstić information content (AvgIpc) is 2.82. The van der Waals surface area contributed by atoms with Gasteiger partial charge < -0.3 is 15.0 Å². The molecular formula is C27H27BrClFN2O3. The second kappa shape index (κ2) is 12.7. The topological polar surface area (TPSA) is 58.6 Å². The van der Waals surface area contributed by atoms with E-state index in [0.29, 0.717) is 20.8 Å². The van der Waals surface area contributed by atoms with E-state index in [1.807, 2.05) is 44.2 Å². The van der Waals surface area contributed by atoms with Gasteiger partial charge >= 0.3 is 0 Å². The second-order valence-corrected chi connectivity index (χ2v) is 9.64. The molecule has 0 spiro atoms. The van der Waals surface area contributed by atoms with Crippen molar-refractivity contribution in [1.82, 2.24) is 10.2 Å². The summed E-state index contributed by atoms with van der Waals surface area (Å²) in [6.07, 6.45) is 0.268. The summed E-state index contributed by atoms with van der Waals surface area (Å²) in [5.41, 5.74) is 1.19. The van der Waals surface area contributed by atoms with Crippen LogP contribution in [0.1, 0.15) is 25.0 Å². The maximum Gasteiger partial charge on any atom is 0.261 e. The number of carbonyl (C=O) groups is 2. The molecule has 35 heavy (non-hydrogen) atoms. The molecule has 0 aliphatic rings. The van der Waals surface area contributed by atoms with E-state index in [9.17, 15) is 14.0 Å². The molecule has 3 rings (SSSR count). The second-order valence-electron chi connectivity index (χ2n) is 8.35. The van der Waals surface area contributed by atoms with E-state index < -0.39 is 17.8 Å². The van der Waals surface area contributed by atoms with Crippen LogP contribution in [0.25, 0.3) is 0 Å². The number of rotatable bonds is 10. The Balaban J connectivity index is 1.93. The van der Waals surface area contributed by atoms with Crippen LogP contribution in [0.5, 0.6) is 5.75 Å². The number of nitrogens with zero attached hydrogens (tertiary/aromatic N) is 1. The Kier molecular flexibility index (Phi) is 9.69. The molecule has 0 saturated carbocycles. The summed E-state index contributed by atoms with van der Waals surface area (Å²) in [6.45, 7) is 3.28. The maximum atomic E-state index is 14.6. The summed E-state index contributed by atoms with van der Waals surface area (Å²) in [6, 6.07) is 19.6. The molecule has 184 valence electrons. The predicted molar refractivity (Wildman–Crippen MR) is 139 cm³/mol. The fraction of sp³-hybridized carbons (Fsp3) is 0.259. The molecule has 1 atom stereocenters. The van der Waals surface area contributed by atoms with Crippen LogP contribution in [-0.4, -0.2) is 35.4 Å². The molecule has 1 N–H and O–H groups in total. The van der Waals surface area contributed by atoms with Gasteiger partial charge in [0.1, 0.15) is 17.6 Å². The van der Waals surface area contributed by atoms with Gasteiger partial charge in [-0.3, -0.25) is 9.59 Å². The Labute approximate surface area is 218 Å². The van der Waals surface area contributed by atoms with Crippen molar-refractivity contribution < 1.29 is 18.7 Å². The third-order valence-electron chi connectivity index (χ3n) is 5.25. The number of nitrogens with one attached hydrogen (secondary N) is 1. The zero-order valence-electron chi connectivity index (χ0n) is 19.5. The van der Waals surface area contributed by atoms with Gasteiger partial charge in [-0.2, -0.15) is 0 Å². The number of ether oxygens (including phenoxy) is 1. The lowest BCUT2D eigenvalue weighted by atomic mass is 10.0. The van der Waals surface area contributed by atoms with Crippen molar-refractivity contribution in [2.45, 2.75) is 38.9 Å². The van der Waals surface area contributed by atoms with Gasteiger partial charge in [0, 0.05) is 29.6 Å². The number of benzene rings is 3. The van der Waals surface area contributed by atoms with Crippen LogP contribution in [0, 0.1) is 5.82 Å². The number of amides is 2. The van der Waals surface area contributed by atoms with Gasteiger partial charge in [0.15, 0.2) is 6.61 Å². The fourth-order valence-corrected chi connectivity index (χ4v) is 4.36. The van der Waals surface area contributed by atoms with Crippen LogP contribution in [-0.2, 0) is 22.6 Å². The van der Waals surface area contributed by atoms with Crippen molar-refractivity contribution >= 4 is 39.3 Å². The number of carbonyl (C=O) groups excluding carboxylic acids is 2. The molecule has 0 aromatic heterocycles. The molecule has 0 saturated heterocycles. The van der Waals surface area contributed by atoms with Crippen molar-refractivity contribution in [3.05, 3.63) is 99.2 Å². The molecule has 0 aliphatic heterocycles. The van der Waals surface area contributed by atoms with Gasteiger partial charge in [0.25, 0.3) is 5.91 Å². The van der Waals surface area contributed by atoms with Crippen molar-refractivity contribution in [2.24, 2.45) is 0 Å². The largest absolute Gasteiger partial charge is 0.483 e. The zero-order chi connectivity index (χ0) is 25.4. The van der Waals surface area contributed by atoms with E-state index in [0.717, 1.165) is 5.56 Å². The van der Waals surface area contributed by atoms with E-state index in [-0.39, 0.29) is 31.5 Å². The Morgan fingerprint density at radius 3 is 2.40 bits per heavy atom. The van der Waals surface area contributed by atoms with Crippen molar-refractivity contribution in [3.8, 4) is 5.75 Å². The minimum absolute atomic E-state index is 0.0837. The zero-order valence-corrected chi connectivity index (χ0v) is 21.9. The highest BCUT2D eigenvalue weighted by molar-refractivity contribution is 9.10. The van der Waals surface area contributed by atoms with Crippen LogP contribution < -0.4 is 10.1 Å². The molecule has 0 radical (unpaired) electrons. The Hall–Kier alpha value is -2.90. The maximum absolute atomic E-state index is 14.6. The van der Waals surface area contributed by atoms with Crippen LogP contribution >= 0.6 is 27.5 Å². The summed E-state index contributed by atoms with van der Waals surface area (Å²) in [4.78, 5) is 28.2. The summed E-state index contributed by atoms with van der Waals surface area (Å²) in [7, 11) is 0. The first-order valence-corrected chi connectivity index (χ1v) is 12.4. The predicted octanol–water partition coefficient (Wildman–Crippen LogP) is 5.79. The van der Waals surface area contributed by atoms with Crippen molar-refractivity contribution in [2.75, 3.05) is 6.61 Å². The minimum atomic E-state index is -0.871. The number of hydrogen-bond acceptors (Lipinski definition) is 3. The lowest BCUT2D eigenvalue weighted by Crippen LogP contribution is -2.53. The Morgan fingerprint density at radius 2 is 1.74 bits per heavy atom. The Bertz CT molecular complexity index is 1160. The highest BCUT2D eigenvalue weighted by atomic mass is 79.9. The lowest BCUT2D eigenvalue weighted by Gasteiger charge is -2.32. The van der Waals surface area contributed by atoms with Gasteiger partial charge in [0.2, 0.25) is 5.91 Å².